The number of nitrogens with zero attached hydrogens (tertiary/aromatic N) is 3. The van der Waals surface area contributed by atoms with E-state index in [1.165, 1.54) is 15.6 Å². The van der Waals surface area contributed by atoms with Gasteiger partial charge in [-0.25, -0.2) is 8.42 Å². The lowest BCUT2D eigenvalue weighted by Gasteiger charge is -2.34. The summed E-state index contributed by atoms with van der Waals surface area (Å²) in [6.45, 7) is 4.53. The first-order valence-corrected chi connectivity index (χ1v) is 10.9. The smallest absolute Gasteiger partial charge is 0.252 e. The van der Waals surface area contributed by atoms with Crippen molar-refractivity contribution in [2.24, 2.45) is 5.92 Å². The summed E-state index contributed by atoms with van der Waals surface area (Å²) in [5.41, 5.74) is 0. The Labute approximate surface area is 152 Å². The van der Waals surface area contributed by atoms with Crippen molar-refractivity contribution < 1.29 is 18.0 Å². The third kappa shape index (κ3) is 3.73. The van der Waals surface area contributed by atoms with Gasteiger partial charge in [0.25, 0.3) is 10.0 Å². The molecule has 2 aliphatic rings. The van der Waals surface area contributed by atoms with Crippen molar-refractivity contribution in [3.8, 4) is 0 Å². The van der Waals surface area contributed by atoms with Gasteiger partial charge in [0, 0.05) is 45.7 Å². The summed E-state index contributed by atoms with van der Waals surface area (Å²) in [5, 5.41) is 1.74. The second-order valence-electron chi connectivity index (χ2n) is 6.40. The number of carbonyl (C=O) groups excluding carboxylic acids is 2. The lowest BCUT2D eigenvalue weighted by atomic mass is 10.1. The molecule has 7 nitrogen and oxygen atoms in total. The van der Waals surface area contributed by atoms with Crippen molar-refractivity contribution in [2.45, 2.75) is 24.0 Å². The highest BCUT2D eigenvalue weighted by molar-refractivity contribution is 7.91. The Hall–Kier alpha value is -1.45. The van der Waals surface area contributed by atoms with Gasteiger partial charge in [-0.2, -0.15) is 4.31 Å². The summed E-state index contributed by atoms with van der Waals surface area (Å²) >= 11 is 1.20. The zero-order valence-electron chi connectivity index (χ0n) is 14.3. The predicted molar refractivity (Wildman–Crippen MR) is 94.6 cm³/mol. The molecule has 1 aromatic heterocycles. The van der Waals surface area contributed by atoms with Crippen molar-refractivity contribution in [3.63, 3.8) is 0 Å². The molecule has 3 rings (SSSR count). The van der Waals surface area contributed by atoms with Gasteiger partial charge in [0.1, 0.15) is 4.21 Å². The van der Waals surface area contributed by atoms with Gasteiger partial charge < -0.3 is 9.80 Å². The summed E-state index contributed by atoms with van der Waals surface area (Å²) in [4.78, 5) is 28.1. The first-order valence-electron chi connectivity index (χ1n) is 8.53. The number of likely N-dealkylation sites (tertiary alicyclic amines) is 1. The van der Waals surface area contributed by atoms with Crippen molar-refractivity contribution in [1.82, 2.24) is 14.1 Å². The van der Waals surface area contributed by atoms with E-state index in [2.05, 4.69) is 0 Å². The van der Waals surface area contributed by atoms with E-state index in [9.17, 15) is 18.0 Å². The molecule has 2 saturated heterocycles. The summed E-state index contributed by atoms with van der Waals surface area (Å²) in [7, 11) is -3.46. The minimum absolute atomic E-state index is 0.0277. The number of rotatable bonds is 5. The minimum Gasteiger partial charge on any atom is -0.342 e. The number of hydrogen-bond acceptors (Lipinski definition) is 5. The maximum absolute atomic E-state index is 12.7. The molecule has 0 spiro atoms. The SMILES string of the molecule is CCCN1CC(C(=O)N2CCN(S(=O)(=O)c3cccs3)CC2)CC1=O. The summed E-state index contributed by atoms with van der Waals surface area (Å²) in [6.07, 6.45) is 1.15. The zero-order chi connectivity index (χ0) is 18.0. The average molecular weight is 386 g/mol. The van der Waals surface area contributed by atoms with Crippen LogP contribution in [0.3, 0.4) is 0 Å². The fourth-order valence-electron chi connectivity index (χ4n) is 3.37. The van der Waals surface area contributed by atoms with Crippen LogP contribution in [0.5, 0.6) is 0 Å². The molecule has 0 N–H and O–H groups in total. The lowest BCUT2D eigenvalue weighted by Crippen LogP contribution is -2.52. The van der Waals surface area contributed by atoms with Gasteiger partial charge in [-0.3, -0.25) is 9.59 Å². The number of hydrogen-bond donors (Lipinski definition) is 0. The van der Waals surface area contributed by atoms with Crippen LogP contribution in [0.4, 0.5) is 0 Å². The van der Waals surface area contributed by atoms with Crippen LogP contribution >= 0.6 is 11.3 Å². The monoisotopic (exact) mass is 385 g/mol. The fourth-order valence-corrected chi connectivity index (χ4v) is 5.93. The second kappa shape index (κ2) is 7.43. The van der Waals surface area contributed by atoms with Gasteiger partial charge in [0.15, 0.2) is 0 Å². The van der Waals surface area contributed by atoms with Crippen LogP contribution in [0.25, 0.3) is 0 Å². The Morgan fingerprint density at radius 3 is 2.60 bits per heavy atom. The number of carbonyl (C=O) groups is 2. The van der Waals surface area contributed by atoms with Crippen molar-refractivity contribution >= 4 is 33.2 Å². The van der Waals surface area contributed by atoms with Crippen LogP contribution < -0.4 is 0 Å². The molecule has 2 fully saturated rings. The topological polar surface area (TPSA) is 78.0 Å². The summed E-state index contributed by atoms with van der Waals surface area (Å²) in [5.74, 6) is -0.279. The summed E-state index contributed by atoms with van der Waals surface area (Å²) in [6, 6.07) is 3.32. The fraction of sp³-hybridized carbons (Fsp3) is 0.625. The molecule has 0 bridgehead atoms. The van der Waals surface area contributed by atoms with Crippen LogP contribution in [-0.4, -0.2) is 73.6 Å². The van der Waals surface area contributed by atoms with Crippen LogP contribution in [0.2, 0.25) is 0 Å². The Balaban J connectivity index is 1.58. The highest BCUT2D eigenvalue weighted by Gasteiger charge is 2.38. The van der Waals surface area contributed by atoms with Gasteiger partial charge in [-0.15, -0.1) is 11.3 Å². The Bertz CT molecular complexity index is 725. The molecule has 2 amide bonds. The predicted octanol–water partition coefficient (Wildman–Crippen LogP) is 0.840. The van der Waals surface area contributed by atoms with E-state index in [1.807, 2.05) is 6.92 Å². The van der Waals surface area contributed by atoms with E-state index >= 15 is 0 Å². The molecule has 2 aliphatic heterocycles. The minimum atomic E-state index is -3.46. The third-order valence-electron chi connectivity index (χ3n) is 4.70. The normalized spacial score (nSPS) is 22.6. The van der Waals surface area contributed by atoms with E-state index in [1.54, 1.807) is 27.3 Å². The van der Waals surface area contributed by atoms with Crippen LogP contribution in [0, 0.1) is 5.92 Å². The first-order chi connectivity index (χ1) is 11.9. The van der Waals surface area contributed by atoms with Gasteiger partial charge in [-0.1, -0.05) is 13.0 Å². The van der Waals surface area contributed by atoms with E-state index in [0.29, 0.717) is 43.5 Å². The molecule has 0 radical (unpaired) electrons. The third-order valence-corrected chi connectivity index (χ3v) is 7.97. The highest BCUT2D eigenvalue weighted by Crippen LogP contribution is 2.24. The van der Waals surface area contributed by atoms with Gasteiger partial charge in [-0.05, 0) is 17.9 Å². The largest absolute Gasteiger partial charge is 0.342 e. The highest BCUT2D eigenvalue weighted by atomic mass is 32.2. The molecule has 9 heteroatoms. The lowest BCUT2D eigenvalue weighted by molar-refractivity contribution is -0.137. The van der Waals surface area contributed by atoms with Crippen LogP contribution in [0.1, 0.15) is 19.8 Å². The van der Waals surface area contributed by atoms with Crippen LogP contribution in [-0.2, 0) is 19.6 Å². The number of sulfonamides is 1. The van der Waals surface area contributed by atoms with Crippen molar-refractivity contribution in [3.05, 3.63) is 17.5 Å². The van der Waals surface area contributed by atoms with Crippen LogP contribution in [0.15, 0.2) is 21.7 Å². The number of piperazine rings is 1. The second-order valence-corrected chi connectivity index (χ2v) is 9.51. The molecular weight excluding hydrogens is 362 g/mol. The maximum Gasteiger partial charge on any atom is 0.252 e. The van der Waals surface area contributed by atoms with E-state index < -0.39 is 10.0 Å². The molecule has 0 saturated carbocycles. The molecule has 1 atom stereocenters. The molecule has 3 heterocycles. The average Bonchev–Trinajstić information content (AvgIpc) is 3.26. The molecule has 0 aliphatic carbocycles. The van der Waals surface area contributed by atoms with E-state index in [4.69, 9.17) is 0 Å². The quantitative estimate of drug-likeness (QED) is 0.752. The molecular formula is C16H23N3O4S2. The van der Waals surface area contributed by atoms with Crippen molar-refractivity contribution in [1.29, 1.82) is 0 Å². The number of thiophene rings is 1. The Morgan fingerprint density at radius 2 is 2.00 bits per heavy atom. The van der Waals surface area contributed by atoms with E-state index in [-0.39, 0.29) is 24.2 Å². The van der Waals surface area contributed by atoms with Gasteiger partial charge in [0.2, 0.25) is 11.8 Å². The summed E-state index contributed by atoms with van der Waals surface area (Å²) < 4.78 is 26.8. The van der Waals surface area contributed by atoms with Crippen molar-refractivity contribution in [2.75, 3.05) is 39.3 Å². The Kier molecular flexibility index (Phi) is 5.45. The standard InChI is InChI=1S/C16H23N3O4S2/c1-2-5-18-12-13(11-14(18)20)16(21)17-6-8-19(9-7-17)25(22,23)15-4-3-10-24-15/h3-4,10,13H,2,5-9,11-12H2,1H3. The van der Waals surface area contributed by atoms with Gasteiger partial charge >= 0.3 is 0 Å². The molecule has 0 aromatic carbocycles. The molecule has 1 aromatic rings. The first kappa shape index (κ1) is 18.3. The number of amides is 2. The van der Waals surface area contributed by atoms with E-state index in [0.717, 1.165) is 6.42 Å². The van der Waals surface area contributed by atoms with Gasteiger partial charge in [0.05, 0.1) is 5.92 Å². The zero-order valence-corrected chi connectivity index (χ0v) is 15.9. The molecule has 138 valence electrons. The Morgan fingerprint density at radius 1 is 1.28 bits per heavy atom. The molecule has 25 heavy (non-hydrogen) atoms. The maximum atomic E-state index is 12.7. The molecule has 1 unspecified atom stereocenters.